The quantitative estimate of drug-likeness (QED) is 0.628. The largest absolute Gasteiger partial charge is 0.392 e. The number of hydrogen-bond acceptors (Lipinski definition) is 5. The molecule has 2 heterocycles. The second kappa shape index (κ2) is 8.05. The van der Waals surface area contributed by atoms with Gasteiger partial charge in [0.05, 0.1) is 18.2 Å². The van der Waals surface area contributed by atoms with Gasteiger partial charge in [0.2, 0.25) is 0 Å². The molecular formula is C22H25N3O2. The van der Waals surface area contributed by atoms with Gasteiger partial charge in [-0.25, -0.2) is 4.98 Å². The molecule has 0 saturated heterocycles. The van der Waals surface area contributed by atoms with Crippen LogP contribution in [0.3, 0.4) is 0 Å². The van der Waals surface area contributed by atoms with E-state index in [1.54, 1.807) is 0 Å². The predicted octanol–water partition coefficient (Wildman–Crippen LogP) is 2.56. The third-order valence-electron chi connectivity index (χ3n) is 5.16. The number of aliphatic hydroxyl groups excluding tert-OH is 2. The van der Waals surface area contributed by atoms with Gasteiger partial charge in [0.25, 0.3) is 0 Å². The van der Waals surface area contributed by atoms with Gasteiger partial charge in [0, 0.05) is 37.1 Å². The third kappa shape index (κ3) is 4.11. The fourth-order valence-electron chi connectivity index (χ4n) is 3.72. The van der Waals surface area contributed by atoms with E-state index in [-0.39, 0.29) is 6.61 Å². The van der Waals surface area contributed by atoms with Crippen LogP contribution in [0, 0.1) is 0 Å². The van der Waals surface area contributed by atoms with Crippen molar-refractivity contribution in [1.82, 2.24) is 9.88 Å². The van der Waals surface area contributed by atoms with E-state index in [0.717, 1.165) is 36.0 Å². The zero-order valence-electron chi connectivity index (χ0n) is 15.3. The summed E-state index contributed by atoms with van der Waals surface area (Å²) in [4.78, 5) is 6.89. The zero-order chi connectivity index (χ0) is 18.6. The van der Waals surface area contributed by atoms with Crippen LogP contribution in [-0.4, -0.2) is 45.8 Å². The van der Waals surface area contributed by atoms with Gasteiger partial charge in [0.15, 0.2) is 0 Å². The number of hydrogen-bond donors (Lipinski definition) is 3. The van der Waals surface area contributed by atoms with Crippen molar-refractivity contribution in [1.29, 1.82) is 0 Å². The van der Waals surface area contributed by atoms with Crippen LogP contribution in [-0.2, 0) is 19.6 Å². The van der Waals surface area contributed by atoms with E-state index in [1.165, 1.54) is 11.1 Å². The Labute approximate surface area is 159 Å². The van der Waals surface area contributed by atoms with Crippen LogP contribution in [0.4, 0.5) is 5.82 Å². The van der Waals surface area contributed by atoms with Crippen molar-refractivity contribution in [2.24, 2.45) is 0 Å². The van der Waals surface area contributed by atoms with Gasteiger partial charge in [-0.05, 0) is 29.7 Å². The summed E-state index contributed by atoms with van der Waals surface area (Å²) in [5, 5.41) is 24.4. The molecule has 0 radical (unpaired) electrons. The molecule has 0 spiro atoms. The lowest BCUT2D eigenvalue weighted by Gasteiger charge is -2.30. The van der Waals surface area contributed by atoms with E-state index >= 15 is 0 Å². The molecule has 0 aliphatic carbocycles. The molecule has 5 heteroatoms. The van der Waals surface area contributed by atoms with Crippen molar-refractivity contribution in [2.45, 2.75) is 25.7 Å². The first kappa shape index (κ1) is 17.9. The number of β-amino-alcohol motifs (C(OH)–C–C–N with tert-alkyl or cyclic N) is 1. The van der Waals surface area contributed by atoms with Gasteiger partial charge in [-0.1, -0.05) is 42.5 Å². The van der Waals surface area contributed by atoms with Crippen LogP contribution in [0.1, 0.15) is 16.7 Å². The van der Waals surface area contributed by atoms with Crippen molar-refractivity contribution in [3.8, 4) is 0 Å². The minimum absolute atomic E-state index is 0.0842. The number of aliphatic hydroxyl groups is 2. The van der Waals surface area contributed by atoms with Gasteiger partial charge in [-0.2, -0.15) is 0 Å². The monoisotopic (exact) mass is 363 g/mol. The van der Waals surface area contributed by atoms with E-state index in [2.05, 4.69) is 39.5 Å². The number of para-hydroxylation sites is 1. The molecule has 1 aromatic heterocycles. The summed E-state index contributed by atoms with van der Waals surface area (Å²) in [5.74, 6) is 0.638. The average Bonchev–Trinajstić information content (AvgIpc) is 2.71. The van der Waals surface area contributed by atoms with Crippen LogP contribution < -0.4 is 5.32 Å². The minimum atomic E-state index is -0.505. The standard InChI is InChI=1S/C22H25N3O2/c26-15-19-11-17-6-3-4-8-21(17)24-22(19)23-12-20(27)14-25-10-9-16-5-1-2-7-18(16)13-25/h1-8,11,20,26-27H,9-10,12-15H2,(H,23,24). The summed E-state index contributed by atoms with van der Waals surface area (Å²) in [7, 11) is 0. The highest BCUT2D eigenvalue weighted by Crippen LogP contribution is 2.21. The number of aromatic nitrogens is 1. The number of fused-ring (bicyclic) bond motifs is 2. The lowest BCUT2D eigenvalue weighted by molar-refractivity contribution is 0.114. The highest BCUT2D eigenvalue weighted by molar-refractivity contribution is 5.81. The van der Waals surface area contributed by atoms with Crippen molar-refractivity contribution in [2.75, 3.05) is 25.0 Å². The molecule has 0 bridgehead atoms. The van der Waals surface area contributed by atoms with Crippen molar-refractivity contribution in [3.05, 3.63) is 71.3 Å². The average molecular weight is 363 g/mol. The molecule has 3 N–H and O–H groups in total. The smallest absolute Gasteiger partial charge is 0.132 e. The lowest BCUT2D eigenvalue weighted by atomic mass is 10.00. The fourth-order valence-corrected chi connectivity index (χ4v) is 3.72. The molecule has 0 fully saturated rings. The van der Waals surface area contributed by atoms with Crippen molar-refractivity contribution in [3.63, 3.8) is 0 Å². The zero-order valence-corrected chi connectivity index (χ0v) is 15.3. The third-order valence-corrected chi connectivity index (χ3v) is 5.16. The number of nitrogens with zero attached hydrogens (tertiary/aromatic N) is 2. The Morgan fingerprint density at radius 3 is 2.70 bits per heavy atom. The molecule has 1 unspecified atom stereocenters. The summed E-state index contributed by atoms with van der Waals surface area (Å²) in [5.41, 5.74) is 4.38. The summed E-state index contributed by atoms with van der Waals surface area (Å²) in [6.45, 7) is 2.77. The normalized spacial score (nSPS) is 15.5. The Morgan fingerprint density at radius 1 is 1.07 bits per heavy atom. The Kier molecular flexibility index (Phi) is 5.34. The van der Waals surface area contributed by atoms with Gasteiger partial charge in [-0.15, -0.1) is 0 Å². The van der Waals surface area contributed by atoms with E-state index in [4.69, 9.17) is 0 Å². The summed E-state index contributed by atoms with van der Waals surface area (Å²) in [6.07, 6.45) is 0.520. The lowest BCUT2D eigenvalue weighted by Crippen LogP contribution is -2.39. The topological polar surface area (TPSA) is 68.6 Å². The Hall–Kier alpha value is -2.47. The minimum Gasteiger partial charge on any atom is -0.392 e. The molecule has 2 aromatic carbocycles. The molecule has 0 amide bonds. The van der Waals surface area contributed by atoms with E-state index in [1.807, 2.05) is 30.3 Å². The summed E-state index contributed by atoms with van der Waals surface area (Å²) in [6, 6.07) is 18.3. The van der Waals surface area contributed by atoms with Crippen LogP contribution in [0.5, 0.6) is 0 Å². The van der Waals surface area contributed by atoms with E-state index in [0.29, 0.717) is 18.9 Å². The molecule has 1 aliphatic rings. The van der Waals surface area contributed by atoms with Crippen LogP contribution in [0.15, 0.2) is 54.6 Å². The second-order valence-corrected chi connectivity index (χ2v) is 7.14. The Bertz CT molecular complexity index is 928. The first-order valence-corrected chi connectivity index (χ1v) is 9.43. The first-order chi connectivity index (χ1) is 13.2. The number of rotatable bonds is 6. The molecule has 140 valence electrons. The highest BCUT2D eigenvalue weighted by Gasteiger charge is 2.18. The molecule has 0 saturated carbocycles. The van der Waals surface area contributed by atoms with Gasteiger partial charge >= 0.3 is 0 Å². The highest BCUT2D eigenvalue weighted by atomic mass is 16.3. The van der Waals surface area contributed by atoms with Gasteiger partial charge < -0.3 is 15.5 Å². The van der Waals surface area contributed by atoms with E-state index < -0.39 is 6.10 Å². The van der Waals surface area contributed by atoms with E-state index in [9.17, 15) is 10.2 Å². The SMILES string of the molecule is OCc1cc2ccccc2nc1NCC(O)CN1CCc2ccccc2C1. The van der Waals surface area contributed by atoms with Gasteiger partial charge in [-0.3, -0.25) is 4.90 Å². The Morgan fingerprint density at radius 2 is 1.85 bits per heavy atom. The van der Waals surface area contributed by atoms with Crippen LogP contribution >= 0.6 is 0 Å². The summed E-state index contributed by atoms with van der Waals surface area (Å²) >= 11 is 0. The summed E-state index contributed by atoms with van der Waals surface area (Å²) < 4.78 is 0. The first-order valence-electron chi connectivity index (χ1n) is 9.43. The molecule has 4 rings (SSSR count). The molecular weight excluding hydrogens is 338 g/mol. The van der Waals surface area contributed by atoms with Gasteiger partial charge in [0.1, 0.15) is 5.82 Å². The second-order valence-electron chi connectivity index (χ2n) is 7.14. The maximum absolute atomic E-state index is 10.5. The van der Waals surface area contributed by atoms with Crippen LogP contribution in [0.2, 0.25) is 0 Å². The maximum Gasteiger partial charge on any atom is 0.132 e. The van der Waals surface area contributed by atoms with Crippen LogP contribution in [0.25, 0.3) is 10.9 Å². The van der Waals surface area contributed by atoms with Crippen molar-refractivity contribution < 1.29 is 10.2 Å². The molecule has 27 heavy (non-hydrogen) atoms. The number of nitrogens with one attached hydrogen (secondary N) is 1. The molecule has 1 atom stereocenters. The molecule has 3 aromatic rings. The Balaban J connectivity index is 1.38. The predicted molar refractivity (Wildman–Crippen MR) is 108 cm³/mol. The van der Waals surface area contributed by atoms with Crippen molar-refractivity contribution >= 4 is 16.7 Å². The number of benzene rings is 2. The maximum atomic E-state index is 10.5. The molecule has 1 aliphatic heterocycles. The number of pyridine rings is 1. The molecule has 5 nitrogen and oxygen atoms in total. The number of anilines is 1. The fraction of sp³-hybridized carbons (Fsp3) is 0.318.